The van der Waals surface area contributed by atoms with Crippen LogP contribution in [0.4, 0.5) is 0 Å². The van der Waals surface area contributed by atoms with Crippen LogP contribution in [-0.4, -0.2) is 32.8 Å². The SMILES string of the molecule is O=C(NCCc1n[nH]c2c1CCCC2)c1n[nH]c2c1CCC2. The summed E-state index contributed by atoms with van der Waals surface area (Å²) in [5.41, 5.74) is 6.60. The van der Waals surface area contributed by atoms with E-state index in [2.05, 4.69) is 25.7 Å². The van der Waals surface area contributed by atoms with E-state index < -0.39 is 0 Å². The first-order chi connectivity index (χ1) is 10.8. The van der Waals surface area contributed by atoms with Crippen molar-refractivity contribution in [3.8, 4) is 0 Å². The molecule has 0 aromatic carbocycles. The fourth-order valence-electron chi connectivity index (χ4n) is 3.64. The molecule has 3 N–H and O–H groups in total. The Morgan fingerprint density at radius 3 is 2.64 bits per heavy atom. The summed E-state index contributed by atoms with van der Waals surface area (Å²) in [7, 11) is 0. The molecule has 0 unspecified atom stereocenters. The van der Waals surface area contributed by atoms with Crippen LogP contribution in [0.3, 0.4) is 0 Å². The van der Waals surface area contributed by atoms with Crippen molar-refractivity contribution in [1.29, 1.82) is 0 Å². The van der Waals surface area contributed by atoms with E-state index in [-0.39, 0.29) is 5.91 Å². The smallest absolute Gasteiger partial charge is 0.272 e. The highest BCUT2D eigenvalue weighted by atomic mass is 16.1. The number of hydrogen-bond acceptors (Lipinski definition) is 3. The molecule has 2 heterocycles. The molecular weight excluding hydrogens is 278 g/mol. The van der Waals surface area contributed by atoms with Gasteiger partial charge in [0.15, 0.2) is 5.69 Å². The number of aryl methyl sites for hydroxylation is 2. The van der Waals surface area contributed by atoms with Gasteiger partial charge in [0.1, 0.15) is 0 Å². The number of fused-ring (bicyclic) bond motifs is 2. The van der Waals surface area contributed by atoms with Gasteiger partial charge in [0.05, 0.1) is 5.69 Å². The highest BCUT2D eigenvalue weighted by Gasteiger charge is 2.23. The van der Waals surface area contributed by atoms with Crippen LogP contribution in [0.2, 0.25) is 0 Å². The van der Waals surface area contributed by atoms with Crippen LogP contribution in [0.5, 0.6) is 0 Å². The maximum Gasteiger partial charge on any atom is 0.272 e. The first-order valence-electron chi connectivity index (χ1n) is 8.22. The predicted octanol–water partition coefficient (Wildman–Crippen LogP) is 1.47. The van der Waals surface area contributed by atoms with Crippen molar-refractivity contribution in [2.24, 2.45) is 0 Å². The van der Waals surface area contributed by atoms with Gasteiger partial charge in [-0.1, -0.05) is 0 Å². The molecule has 4 rings (SSSR count). The van der Waals surface area contributed by atoms with E-state index >= 15 is 0 Å². The van der Waals surface area contributed by atoms with Crippen LogP contribution in [0.1, 0.15) is 58.0 Å². The molecule has 0 saturated carbocycles. The van der Waals surface area contributed by atoms with Gasteiger partial charge in [-0.3, -0.25) is 15.0 Å². The highest BCUT2D eigenvalue weighted by Crippen LogP contribution is 2.23. The minimum atomic E-state index is -0.0659. The molecule has 0 radical (unpaired) electrons. The Morgan fingerprint density at radius 1 is 0.955 bits per heavy atom. The summed E-state index contributed by atoms with van der Waals surface area (Å²) in [5, 5.41) is 17.7. The number of aromatic amines is 2. The monoisotopic (exact) mass is 299 g/mol. The highest BCUT2D eigenvalue weighted by molar-refractivity contribution is 5.94. The summed E-state index contributed by atoms with van der Waals surface area (Å²) >= 11 is 0. The Hall–Kier alpha value is -2.11. The second kappa shape index (κ2) is 5.59. The van der Waals surface area contributed by atoms with Crippen molar-refractivity contribution in [2.75, 3.05) is 6.54 Å². The molecule has 0 saturated heterocycles. The van der Waals surface area contributed by atoms with Gasteiger partial charge in [-0.05, 0) is 50.5 Å². The summed E-state index contributed by atoms with van der Waals surface area (Å²) < 4.78 is 0. The lowest BCUT2D eigenvalue weighted by Gasteiger charge is -2.11. The molecule has 6 nitrogen and oxygen atoms in total. The van der Waals surface area contributed by atoms with E-state index in [9.17, 15) is 4.79 Å². The first-order valence-corrected chi connectivity index (χ1v) is 8.22. The quantitative estimate of drug-likeness (QED) is 0.799. The van der Waals surface area contributed by atoms with Crippen LogP contribution in [0, 0.1) is 0 Å². The average molecular weight is 299 g/mol. The van der Waals surface area contributed by atoms with E-state index in [1.54, 1.807) is 0 Å². The minimum absolute atomic E-state index is 0.0659. The van der Waals surface area contributed by atoms with E-state index in [0.29, 0.717) is 12.2 Å². The average Bonchev–Trinajstić information content (AvgIpc) is 3.22. The second-order valence-electron chi connectivity index (χ2n) is 6.22. The van der Waals surface area contributed by atoms with Crippen LogP contribution >= 0.6 is 0 Å². The zero-order valence-electron chi connectivity index (χ0n) is 12.7. The summed E-state index contributed by atoms with van der Waals surface area (Å²) in [5.74, 6) is -0.0659. The first kappa shape index (κ1) is 13.5. The summed E-state index contributed by atoms with van der Waals surface area (Å²) in [6.45, 7) is 0.609. The molecule has 0 aliphatic heterocycles. The van der Waals surface area contributed by atoms with Gasteiger partial charge in [0.2, 0.25) is 0 Å². The minimum Gasteiger partial charge on any atom is -0.350 e. The fraction of sp³-hybridized carbons (Fsp3) is 0.562. The molecule has 2 aromatic heterocycles. The summed E-state index contributed by atoms with van der Waals surface area (Å²) in [6.07, 6.45) is 8.57. The molecule has 0 atom stereocenters. The van der Waals surface area contributed by atoms with Crippen LogP contribution in [0.25, 0.3) is 0 Å². The van der Waals surface area contributed by atoms with Crippen molar-refractivity contribution in [2.45, 2.75) is 51.4 Å². The summed E-state index contributed by atoms with van der Waals surface area (Å²) in [6, 6.07) is 0. The van der Waals surface area contributed by atoms with E-state index in [1.165, 1.54) is 24.1 Å². The molecule has 2 aliphatic rings. The topological polar surface area (TPSA) is 86.5 Å². The fourth-order valence-corrected chi connectivity index (χ4v) is 3.64. The number of hydrogen-bond donors (Lipinski definition) is 3. The third-order valence-electron chi connectivity index (χ3n) is 4.81. The largest absolute Gasteiger partial charge is 0.350 e. The third-order valence-corrected chi connectivity index (χ3v) is 4.81. The van der Waals surface area contributed by atoms with E-state index in [0.717, 1.165) is 55.5 Å². The zero-order chi connectivity index (χ0) is 14.9. The lowest BCUT2D eigenvalue weighted by molar-refractivity contribution is 0.0948. The maximum absolute atomic E-state index is 12.3. The van der Waals surface area contributed by atoms with Gasteiger partial charge >= 0.3 is 0 Å². The Labute approximate surface area is 129 Å². The second-order valence-corrected chi connectivity index (χ2v) is 6.22. The summed E-state index contributed by atoms with van der Waals surface area (Å²) in [4.78, 5) is 12.3. The Bertz CT molecular complexity index is 699. The van der Waals surface area contributed by atoms with Crippen molar-refractivity contribution in [3.63, 3.8) is 0 Å². The van der Waals surface area contributed by atoms with Crippen molar-refractivity contribution < 1.29 is 4.79 Å². The van der Waals surface area contributed by atoms with E-state index in [1.807, 2.05) is 0 Å². The predicted molar refractivity (Wildman–Crippen MR) is 81.9 cm³/mol. The number of nitrogens with one attached hydrogen (secondary N) is 3. The van der Waals surface area contributed by atoms with Gasteiger partial charge in [-0.2, -0.15) is 10.2 Å². The number of amides is 1. The van der Waals surface area contributed by atoms with Crippen molar-refractivity contribution >= 4 is 5.91 Å². The molecule has 0 fully saturated rings. The number of rotatable bonds is 4. The van der Waals surface area contributed by atoms with Gasteiger partial charge < -0.3 is 5.32 Å². The normalized spacial score (nSPS) is 16.4. The van der Waals surface area contributed by atoms with Crippen LogP contribution < -0.4 is 5.32 Å². The molecule has 22 heavy (non-hydrogen) atoms. The molecule has 0 bridgehead atoms. The Kier molecular flexibility index (Phi) is 3.44. The van der Waals surface area contributed by atoms with Crippen LogP contribution in [-0.2, 0) is 32.1 Å². The lowest BCUT2D eigenvalue weighted by atomic mass is 9.95. The standard InChI is InChI=1S/C16H21N5O/c22-16(15-11-5-3-7-13(11)20-21-15)17-9-8-14-10-4-1-2-6-12(10)18-19-14/h1-9H2,(H,17,22)(H,18,19)(H,20,21). The van der Waals surface area contributed by atoms with E-state index in [4.69, 9.17) is 0 Å². The number of nitrogens with zero attached hydrogens (tertiary/aromatic N) is 2. The molecule has 0 spiro atoms. The molecule has 2 aromatic rings. The number of carbonyl (C=O) groups excluding carboxylic acids is 1. The molecule has 2 aliphatic carbocycles. The molecule has 1 amide bonds. The van der Waals surface area contributed by atoms with Gasteiger partial charge in [0.25, 0.3) is 5.91 Å². The Balaban J connectivity index is 1.37. The number of carbonyl (C=O) groups is 1. The van der Waals surface area contributed by atoms with Crippen molar-refractivity contribution in [3.05, 3.63) is 33.9 Å². The van der Waals surface area contributed by atoms with Gasteiger partial charge in [0, 0.05) is 29.9 Å². The molecular formula is C16H21N5O. The Morgan fingerprint density at radius 2 is 1.68 bits per heavy atom. The zero-order valence-corrected chi connectivity index (χ0v) is 12.7. The van der Waals surface area contributed by atoms with Gasteiger partial charge in [-0.25, -0.2) is 0 Å². The van der Waals surface area contributed by atoms with Crippen LogP contribution in [0.15, 0.2) is 0 Å². The third kappa shape index (κ3) is 2.32. The molecule has 116 valence electrons. The number of aromatic nitrogens is 4. The maximum atomic E-state index is 12.3. The molecule has 6 heteroatoms. The lowest BCUT2D eigenvalue weighted by Crippen LogP contribution is -2.27. The number of H-pyrrole nitrogens is 2. The van der Waals surface area contributed by atoms with Crippen molar-refractivity contribution in [1.82, 2.24) is 25.7 Å². The van der Waals surface area contributed by atoms with Gasteiger partial charge in [-0.15, -0.1) is 0 Å².